The van der Waals surface area contributed by atoms with Gasteiger partial charge in [0.1, 0.15) is 35.6 Å². The Kier molecular flexibility index (Phi) is 13.7. The SMILES string of the molecule is COc1ccc(N2/C(=N/c3ccccc3)CC2c2ccc(COc3ccc(N4/C(=N/c5ccccc5)CC4c4ccc5ccccc5c4)cc3)nc2)cc1-c1cccc(C2C/C(=N\c3ccccc3)N2c2ccc(SC)cc2)c1. The Balaban J connectivity index is 0.740. The smallest absolute Gasteiger partial charge is 0.130 e. The van der Waals surface area contributed by atoms with Crippen molar-refractivity contribution in [2.45, 2.75) is 48.9 Å². The van der Waals surface area contributed by atoms with Gasteiger partial charge in [-0.05, 0) is 161 Å². The van der Waals surface area contributed by atoms with Crippen molar-refractivity contribution in [2.24, 2.45) is 15.0 Å². The first-order chi connectivity index (χ1) is 39.0. The van der Waals surface area contributed by atoms with Crippen LogP contribution in [0.15, 0.2) is 263 Å². The van der Waals surface area contributed by atoms with Gasteiger partial charge in [-0.2, -0.15) is 0 Å². The number of amidine groups is 3. The average molecular weight is 1050 g/mol. The van der Waals surface area contributed by atoms with E-state index in [-0.39, 0.29) is 18.1 Å². The lowest BCUT2D eigenvalue weighted by atomic mass is 9.89. The first-order valence-electron chi connectivity index (χ1n) is 26.9. The third-order valence-electron chi connectivity index (χ3n) is 15.2. The monoisotopic (exact) mass is 1050 g/mol. The van der Waals surface area contributed by atoms with Gasteiger partial charge in [0.25, 0.3) is 0 Å². The summed E-state index contributed by atoms with van der Waals surface area (Å²) >= 11 is 1.75. The minimum absolute atomic E-state index is 0.0173. The number of pyridine rings is 1. The average Bonchev–Trinajstić information content (AvgIpc) is 3.63. The number of methoxy groups -OCH3 is 1. The van der Waals surface area contributed by atoms with E-state index in [1.54, 1.807) is 18.9 Å². The third-order valence-corrected chi connectivity index (χ3v) is 16.0. The molecule has 9 aromatic carbocycles. The Morgan fingerprint density at radius 3 is 1.56 bits per heavy atom. The molecule has 3 fully saturated rings. The van der Waals surface area contributed by atoms with E-state index in [9.17, 15) is 0 Å². The largest absolute Gasteiger partial charge is 0.496 e. The molecule has 79 heavy (non-hydrogen) atoms. The van der Waals surface area contributed by atoms with E-state index >= 15 is 0 Å². The predicted molar refractivity (Wildman–Crippen MR) is 326 cm³/mol. The first kappa shape index (κ1) is 49.3. The number of hydrogen-bond donors (Lipinski definition) is 0. The quantitative estimate of drug-likeness (QED) is 0.0947. The van der Waals surface area contributed by atoms with Crippen LogP contribution in [0.1, 0.15) is 59.8 Å². The van der Waals surface area contributed by atoms with Gasteiger partial charge in [0.2, 0.25) is 0 Å². The van der Waals surface area contributed by atoms with E-state index < -0.39 is 0 Å². The zero-order valence-electron chi connectivity index (χ0n) is 44.0. The highest BCUT2D eigenvalue weighted by Crippen LogP contribution is 2.47. The molecule has 10 aromatic rings. The molecule has 0 N–H and O–H groups in total. The summed E-state index contributed by atoms with van der Waals surface area (Å²) in [6.07, 6.45) is 6.53. The Bertz CT molecular complexity index is 3870. The van der Waals surface area contributed by atoms with Crippen LogP contribution < -0.4 is 24.2 Å². The second-order valence-electron chi connectivity index (χ2n) is 20.0. The molecule has 0 amide bonds. The Morgan fingerprint density at radius 2 is 0.987 bits per heavy atom. The van der Waals surface area contributed by atoms with Gasteiger partial charge in [-0.25, -0.2) is 15.0 Å². The van der Waals surface area contributed by atoms with Crippen molar-refractivity contribution >= 4 is 74.2 Å². The maximum atomic E-state index is 6.39. The summed E-state index contributed by atoms with van der Waals surface area (Å²) in [5, 5.41) is 2.48. The van der Waals surface area contributed by atoms with E-state index in [0.29, 0.717) is 6.61 Å². The van der Waals surface area contributed by atoms with Crippen LogP contribution in [-0.4, -0.2) is 35.9 Å². The Labute approximate surface area is 465 Å². The van der Waals surface area contributed by atoms with Crippen molar-refractivity contribution in [2.75, 3.05) is 28.1 Å². The lowest BCUT2D eigenvalue weighted by molar-refractivity contribution is 0.301. The van der Waals surface area contributed by atoms with Crippen molar-refractivity contribution in [3.63, 3.8) is 0 Å². The molecule has 10 heteroatoms. The molecule has 13 rings (SSSR count). The number of hydrogen-bond acceptors (Lipinski definition) is 7. The highest BCUT2D eigenvalue weighted by molar-refractivity contribution is 7.98. The molecule has 3 aliphatic rings. The summed E-state index contributed by atoms with van der Waals surface area (Å²) in [5.74, 6) is 4.65. The fraction of sp³-hybridized carbons (Fsp3) is 0.130. The summed E-state index contributed by atoms with van der Waals surface area (Å²) in [7, 11) is 1.75. The number of aromatic nitrogens is 1. The van der Waals surface area contributed by atoms with E-state index in [2.05, 4.69) is 191 Å². The number of para-hydroxylation sites is 3. The second kappa shape index (κ2) is 22.0. The maximum Gasteiger partial charge on any atom is 0.130 e. The van der Waals surface area contributed by atoms with Crippen LogP contribution in [0.4, 0.5) is 34.1 Å². The standard InChI is InChI=1S/C69H57N7O2S/c1-77-66-38-33-59(41-62(66)49-17-14-18-50(40-49)63-42-67(71-53-19-6-3-7-20-53)75(63)58-31-36-61(79-2)37-32-58)76-65(44-69(76)73-55-23-10-5-11-24-55)52-27-28-56(70-45-52)46-78-60-34-29-57(30-35-60)74-64(43-68(74)72-54-21-8-4-9-22-54)51-26-25-47-15-12-13-16-48(47)39-51/h3-41,45,63-65H,42-44,46H2,1-2H3/b71-67+,72-68+,73-69+. The summed E-state index contributed by atoms with van der Waals surface area (Å²) in [5.41, 5.74) is 12.6. The zero-order valence-corrected chi connectivity index (χ0v) is 44.8. The summed E-state index contributed by atoms with van der Waals surface area (Å²) < 4.78 is 12.5. The van der Waals surface area contributed by atoms with Crippen molar-refractivity contribution < 1.29 is 9.47 Å². The van der Waals surface area contributed by atoms with Crippen molar-refractivity contribution in [3.05, 3.63) is 265 Å². The topological polar surface area (TPSA) is 78.1 Å². The van der Waals surface area contributed by atoms with Crippen LogP contribution >= 0.6 is 11.8 Å². The lowest BCUT2D eigenvalue weighted by Gasteiger charge is -2.44. The Morgan fingerprint density at radius 1 is 0.468 bits per heavy atom. The first-order valence-corrected chi connectivity index (χ1v) is 28.1. The van der Waals surface area contributed by atoms with Crippen molar-refractivity contribution in [1.82, 2.24) is 4.98 Å². The lowest BCUT2D eigenvalue weighted by Crippen LogP contribution is -2.46. The number of ether oxygens (including phenoxy) is 2. The van der Waals surface area contributed by atoms with Gasteiger partial charge < -0.3 is 24.2 Å². The van der Waals surface area contributed by atoms with Gasteiger partial charge in [-0.1, -0.05) is 115 Å². The van der Waals surface area contributed by atoms with E-state index in [0.717, 1.165) is 105 Å². The van der Waals surface area contributed by atoms with E-state index in [1.807, 2.05) is 72.9 Å². The number of rotatable bonds is 15. The highest BCUT2D eigenvalue weighted by Gasteiger charge is 2.40. The molecule has 0 aliphatic carbocycles. The maximum absolute atomic E-state index is 6.39. The number of benzene rings is 9. The number of anilines is 3. The molecule has 0 saturated carbocycles. The van der Waals surface area contributed by atoms with Crippen LogP contribution in [0.25, 0.3) is 21.9 Å². The van der Waals surface area contributed by atoms with Crippen LogP contribution in [0, 0.1) is 0 Å². The van der Waals surface area contributed by atoms with Crippen LogP contribution in [0.2, 0.25) is 0 Å². The third kappa shape index (κ3) is 10.3. The summed E-state index contributed by atoms with van der Waals surface area (Å²) in [6.45, 7) is 0.337. The van der Waals surface area contributed by atoms with E-state index in [4.69, 9.17) is 29.4 Å². The molecule has 386 valence electrons. The van der Waals surface area contributed by atoms with E-state index in [1.165, 1.54) is 26.8 Å². The number of aliphatic imine (C=N–C) groups is 3. The normalized spacial score (nSPS) is 18.3. The van der Waals surface area contributed by atoms with Gasteiger partial charge in [-0.3, -0.25) is 4.98 Å². The molecule has 3 atom stereocenters. The fourth-order valence-corrected chi connectivity index (χ4v) is 11.5. The molecular weight excluding hydrogens is 991 g/mol. The molecule has 4 heterocycles. The number of nitrogens with zero attached hydrogens (tertiary/aromatic N) is 7. The minimum Gasteiger partial charge on any atom is -0.496 e. The fourth-order valence-electron chi connectivity index (χ4n) is 11.1. The Hall–Kier alpha value is -9.25. The summed E-state index contributed by atoms with van der Waals surface area (Å²) in [4.78, 5) is 28.6. The molecule has 0 spiro atoms. The zero-order chi connectivity index (χ0) is 53.1. The molecular formula is C69H57N7O2S. The summed E-state index contributed by atoms with van der Waals surface area (Å²) in [6, 6.07) is 83.0. The minimum atomic E-state index is 0.0173. The molecule has 1 aromatic heterocycles. The molecule has 3 unspecified atom stereocenters. The van der Waals surface area contributed by atoms with Gasteiger partial charge >= 0.3 is 0 Å². The van der Waals surface area contributed by atoms with Crippen LogP contribution in [0.3, 0.4) is 0 Å². The molecule has 3 aliphatic heterocycles. The highest BCUT2D eigenvalue weighted by atomic mass is 32.2. The van der Waals surface area contributed by atoms with Crippen LogP contribution in [0.5, 0.6) is 11.5 Å². The van der Waals surface area contributed by atoms with Gasteiger partial charge in [0.05, 0.1) is 48.0 Å². The molecule has 0 bridgehead atoms. The van der Waals surface area contributed by atoms with Gasteiger partial charge in [0.15, 0.2) is 0 Å². The number of thioether (sulfide) groups is 1. The second-order valence-corrected chi connectivity index (χ2v) is 20.9. The molecule has 0 radical (unpaired) electrons. The number of fused-ring (bicyclic) bond motifs is 1. The van der Waals surface area contributed by atoms with Crippen molar-refractivity contribution in [1.29, 1.82) is 0 Å². The van der Waals surface area contributed by atoms with Crippen LogP contribution in [-0.2, 0) is 6.61 Å². The molecule has 9 nitrogen and oxygen atoms in total. The molecule has 3 saturated heterocycles. The van der Waals surface area contributed by atoms with Gasteiger partial charge in [-0.15, -0.1) is 11.8 Å². The van der Waals surface area contributed by atoms with Gasteiger partial charge in [0, 0.05) is 53.0 Å². The predicted octanol–water partition coefficient (Wildman–Crippen LogP) is 17.3. The van der Waals surface area contributed by atoms with Crippen molar-refractivity contribution in [3.8, 4) is 22.6 Å².